The number of aromatic nitrogens is 1. The summed E-state index contributed by atoms with van der Waals surface area (Å²) in [6.45, 7) is 7.92. The van der Waals surface area contributed by atoms with Crippen LogP contribution in [0.2, 0.25) is 0 Å². The van der Waals surface area contributed by atoms with E-state index in [1.165, 1.54) is 5.69 Å². The van der Waals surface area contributed by atoms with Gasteiger partial charge < -0.3 is 9.69 Å². The van der Waals surface area contributed by atoms with Gasteiger partial charge in [-0.1, -0.05) is 13.8 Å². The first-order valence-corrected chi connectivity index (χ1v) is 6.42. The summed E-state index contributed by atoms with van der Waals surface area (Å²) < 4.78 is 0. The van der Waals surface area contributed by atoms with Crippen molar-refractivity contribution in [1.82, 2.24) is 4.98 Å². The maximum absolute atomic E-state index is 10.6. The molecule has 0 aromatic carbocycles. The summed E-state index contributed by atoms with van der Waals surface area (Å²) in [5, 5.41) is 0. The molecule has 0 N–H and O–H groups in total. The normalized spacial score (nSPS) is 16.1. The van der Waals surface area contributed by atoms with Crippen molar-refractivity contribution in [3.63, 3.8) is 0 Å². The summed E-state index contributed by atoms with van der Waals surface area (Å²) in [7, 11) is 0. The number of hydrogen-bond acceptors (Lipinski definition) is 3. The maximum Gasteiger partial charge on any atom is 0.123 e. The van der Waals surface area contributed by atoms with Crippen molar-refractivity contribution in [2.24, 2.45) is 5.92 Å². The van der Waals surface area contributed by atoms with Gasteiger partial charge in [0.25, 0.3) is 0 Å². The number of pyridine rings is 1. The number of rotatable bonds is 2. The predicted octanol–water partition coefficient (Wildman–Crippen LogP) is 2.83. The Kier molecular flexibility index (Phi) is 5.67. The van der Waals surface area contributed by atoms with Gasteiger partial charge in [0.15, 0.2) is 0 Å². The lowest BCUT2D eigenvalue weighted by molar-refractivity contribution is -0.111. The fourth-order valence-electron chi connectivity index (χ4n) is 1.94. The van der Waals surface area contributed by atoms with E-state index in [0.29, 0.717) is 0 Å². The third-order valence-electron chi connectivity index (χ3n) is 2.99. The van der Waals surface area contributed by atoms with E-state index < -0.39 is 0 Å². The Balaban J connectivity index is 0.000000686. The molecule has 3 nitrogen and oxygen atoms in total. The van der Waals surface area contributed by atoms with Crippen LogP contribution in [-0.2, 0) is 4.79 Å². The van der Waals surface area contributed by atoms with E-state index in [9.17, 15) is 4.79 Å². The number of piperidine rings is 1. The number of aryl methyl sites for hydroxylation is 1. The molecule has 2 rings (SSSR count). The second-order valence-electron chi connectivity index (χ2n) is 4.12. The highest BCUT2D eigenvalue weighted by atomic mass is 16.1. The summed E-state index contributed by atoms with van der Waals surface area (Å²) >= 11 is 0. The fraction of sp³-hybridized carbons (Fsp3) is 0.571. The zero-order chi connectivity index (χ0) is 12.7. The van der Waals surface area contributed by atoms with Crippen LogP contribution in [0.5, 0.6) is 0 Å². The van der Waals surface area contributed by atoms with E-state index in [2.05, 4.69) is 16.0 Å². The lowest BCUT2D eigenvalue weighted by Crippen LogP contribution is -2.34. The molecule has 1 saturated heterocycles. The van der Waals surface area contributed by atoms with Gasteiger partial charge in [0.05, 0.1) is 11.9 Å². The summed E-state index contributed by atoms with van der Waals surface area (Å²) in [6, 6.07) is 4.13. The van der Waals surface area contributed by atoms with Crippen LogP contribution in [0.4, 0.5) is 5.69 Å². The molecule has 0 radical (unpaired) electrons. The summed E-state index contributed by atoms with van der Waals surface area (Å²) in [4.78, 5) is 17.2. The van der Waals surface area contributed by atoms with Crippen molar-refractivity contribution < 1.29 is 4.79 Å². The molecule has 0 aliphatic carbocycles. The van der Waals surface area contributed by atoms with Crippen molar-refractivity contribution in [3.8, 4) is 0 Å². The van der Waals surface area contributed by atoms with Gasteiger partial charge in [0.2, 0.25) is 0 Å². The van der Waals surface area contributed by atoms with E-state index in [4.69, 9.17) is 0 Å². The highest BCUT2D eigenvalue weighted by Crippen LogP contribution is 2.21. The van der Waals surface area contributed by atoms with Crippen LogP contribution >= 0.6 is 0 Å². The molecule has 1 fully saturated rings. The maximum atomic E-state index is 10.6. The first-order chi connectivity index (χ1) is 8.29. The highest BCUT2D eigenvalue weighted by molar-refractivity contribution is 5.55. The van der Waals surface area contributed by atoms with E-state index in [1.807, 2.05) is 33.0 Å². The molecule has 1 aromatic rings. The third-order valence-corrected chi connectivity index (χ3v) is 2.99. The number of carbonyl (C=O) groups is 1. The molecule has 0 atom stereocenters. The van der Waals surface area contributed by atoms with Crippen LogP contribution in [0.25, 0.3) is 0 Å². The molecule has 0 bridgehead atoms. The Bertz CT molecular complexity index is 327. The van der Waals surface area contributed by atoms with Crippen molar-refractivity contribution in [3.05, 3.63) is 24.0 Å². The van der Waals surface area contributed by atoms with Crippen molar-refractivity contribution in [2.75, 3.05) is 18.0 Å². The largest absolute Gasteiger partial charge is 0.370 e. The third kappa shape index (κ3) is 3.84. The quantitative estimate of drug-likeness (QED) is 0.738. The minimum absolute atomic E-state index is 0.264. The van der Waals surface area contributed by atoms with Crippen molar-refractivity contribution in [1.29, 1.82) is 0 Å². The van der Waals surface area contributed by atoms with Gasteiger partial charge in [-0.15, -0.1) is 0 Å². The van der Waals surface area contributed by atoms with Gasteiger partial charge in [0.1, 0.15) is 6.29 Å². The molecule has 3 heteroatoms. The topological polar surface area (TPSA) is 33.2 Å². The molecule has 1 aliphatic heterocycles. The van der Waals surface area contributed by atoms with Gasteiger partial charge in [-0.25, -0.2) is 0 Å². The number of anilines is 1. The van der Waals surface area contributed by atoms with Crippen LogP contribution in [0.3, 0.4) is 0 Å². The van der Waals surface area contributed by atoms with Crippen LogP contribution in [0.1, 0.15) is 32.4 Å². The molecule has 2 heterocycles. The van der Waals surface area contributed by atoms with E-state index in [-0.39, 0.29) is 5.92 Å². The highest BCUT2D eigenvalue weighted by Gasteiger charge is 2.18. The fourth-order valence-corrected chi connectivity index (χ4v) is 1.94. The minimum atomic E-state index is 0.264. The SMILES string of the molecule is CC.Cc1ccc(N2CCC(C=O)CC2)cn1. The van der Waals surface area contributed by atoms with Crippen molar-refractivity contribution in [2.45, 2.75) is 33.6 Å². The zero-order valence-corrected chi connectivity index (χ0v) is 11.0. The Morgan fingerprint density at radius 1 is 1.29 bits per heavy atom. The monoisotopic (exact) mass is 234 g/mol. The molecule has 17 heavy (non-hydrogen) atoms. The van der Waals surface area contributed by atoms with Crippen LogP contribution in [-0.4, -0.2) is 24.4 Å². The van der Waals surface area contributed by atoms with Gasteiger partial charge >= 0.3 is 0 Å². The second kappa shape index (κ2) is 7.05. The van der Waals surface area contributed by atoms with Crippen LogP contribution < -0.4 is 4.90 Å². The molecule has 94 valence electrons. The number of hydrogen-bond donors (Lipinski definition) is 0. The Morgan fingerprint density at radius 3 is 2.41 bits per heavy atom. The number of carbonyl (C=O) groups excluding carboxylic acids is 1. The second-order valence-corrected chi connectivity index (χ2v) is 4.12. The first-order valence-electron chi connectivity index (χ1n) is 6.42. The lowest BCUT2D eigenvalue weighted by atomic mass is 9.98. The van der Waals surface area contributed by atoms with E-state index >= 15 is 0 Å². The Labute approximate surface area is 104 Å². The van der Waals surface area contributed by atoms with Gasteiger partial charge in [-0.05, 0) is 31.9 Å². The summed E-state index contributed by atoms with van der Waals surface area (Å²) in [5.41, 5.74) is 2.21. The minimum Gasteiger partial charge on any atom is -0.370 e. The number of nitrogens with zero attached hydrogens (tertiary/aromatic N) is 2. The zero-order valence-electron chi connectivity index (χ0n) is 11.0. The molecule has 1 aromatic heterocycles. The molecule has 0 amide bonds. The first kappa shape index (κ1) is 13.7. The molecule has 0 unspecified atom stereocenters. The summed E-state index contributed by atoms with van der Waals surface area (Å²) in [5.74, 6) is 0.264. The van der Waals surface area contributed by atoms with Crippen LogP contribution in [0, 0.1) is 12.8 Å². The van der Waals surface area contributed by atoms with Gasteiger partial charge in [-0.3, -0.25) is 4.98 Å². The van der Waals surface area contributed by atoms with Gasteiger partial charge in [-0.2, -0.15) is 0 Å². The lowest BCUT2D eigenvalue weighted by Gasteiger charge is -2.31. The van der Waals surface area contributed by atoms with Gasteiger partial charge in [0, 0.05) is 24.7 Å². The molecule has 0 spiro atoms. The average molecular weight is 234 g/mol. The summed E-state index contributed by atoms with van der Waals surface area (Å²) in [6.07, 6.45) is 4.94. The molecule has 0 saturated carbocycles. The predicted molar refractivity (Wildman–Crippen MR) is 71.3 cm³/mol. The molecular weight excluding hydrogens is 212 g/mol. The van der Waals surface area contributed by atoms with E-state index in [1.54, 1.807) is 0 Å². The van der Waals surface area contributed by atoms with Crippen LogP contribution in [0.15, 0.2) is 18.3 Å². The molecule has 1 aliphatic rings. The van der Waals surface area contributed by atoms with E-state index in [0.717, 1.165) is 37.9 Å². The van der Waals surface area contributed by atoms with Crippen molar-refractivity contribution >= 4 is 12.0 Å². The Morgan fingerprint density at radius 2 is 1.94 bits per heavy atom. The standard InChI is InChI=1S/C12H16N2O.C2H6/c1-10-2-3-12(8-13-10)14-6-4-11(9-15)5-7-14;1-2/h2-3,8-9,11H,4-7H2,1H3;1-2H3. The average Bonchev–Trinajstić information content (AvgIpc) is 2.42. The Hall–Kier alpha value is -1.38. The smallest absolute Gasteiger partial charge is 0.123 e. The number of aldehydes is 1. The molecular formula is C14H22N2O.